The molecule has 0 heterocycles. The lowest BCUT2D eigenvalue weighted by molar-refractivity contribution is 0.457. The van der Waals surface area contributed by atoms with Gasteiger partial charge in [-0.1, -0.05) is 24.3 Å². The van der Waals surface area contributed by atoms with Gasteiger partial charge >= 0.3 is 0 Å². The Morgan fingerprint density at radius 2 is 0.933 bits per heavy atom. The van der Waals surface area contributed by atoms with Crippen molar-refractivity contribution in [3.05, 3.63) is 76.3 Å². The number of benzene rings is 3. The van der Waals surface area contributed by atoms with Crippen LogP contribution in [0, 0.1) is 34.6 Å². The van der Waals surface area contributed by atoms with Crippen molar-refractivity contribution in [1.82, 2.24) is 0 Å². The highest BCUT2D eigenvalue weighted by atomic mass is 32.2. The molecule has 158 valence electrons. The molecule has 0 aromatic heterocycles. The van der Waals surface area contributed by atoms with Crippen LogP contribution >= 0.6 is 0 Å². The lowest BCUT2D eigenvalue weighted by Crippen LogP contribution is -2.10. The minimum atomic E-state index is -4.14. The number of aryl methyl sites for hydroxylation is 5. The second-order valence-corrected chi connectivity index (χ2v) is 11.4. The molecule has 30 heavy (non-hydrogen) atoms. The standard InChI is InChI=1S/C23H24O5S2/c1-14-6-8-16(3)20(10-14)29(25,26)22-13-23(19(24)12-18(22)5)30(27,28)21-11-15(2)7-9-17(21)4/h6-13,24H,1-5H3. The second-order valence-electron chi connectivity index (χ2n) is 7.63. The van der Waals surface area contributed by atoms with Crippen molar-refractivity contribution in [1.29, 1.82) is 0 Å². The Morgan fingerprint density at radius 1 is 0.533 bits per heavy atom. The molecule has 0 radical (unpaired) electrons. The molecule has 3 aromatic carbocycles. The van der Waals surface area contributed by atoms with Gasteiger partial charge in [0.25, 0.3) is 0 Å². The molecule has 0 fully saturated rings. The van der Waals surface area contributed by atoms with Gasteiger partial charge < -0.3 is 5.11 Å². The molecule has 1 N–H and O–H groups in total. The Hall–Kier alpha value is -2.64. The summed E-state index contributed by atoms with van der Waals surface area (Å²) in [6.45, 7) is 8.44. The predicted molar refractivity (Wildman–Crippen MR) is 116 cm³/mol. The first-order valence-electron chi connectivity index (χ1n) is 9.34. The van der Waals surface area contributed by atoms with E-state index in [1.165, 1.54) is 19.1 Å². The third-order valence-corrected chi connectivity index (χ3v) is 9.06. The first kappa shape index (κ1) is 22.1. The van der Waals surface area contributed by atoms with Crippen LogP contribution in [0.3, 0.4) is 0 Å². The van der Waals surface area contributed by atoms with E-state index in [0.717, 1.165) is 17.2 Å². The van der Waals surface area contributed by atoms with Crippen LogP contribution in [0.15, 0.2) is 68.1 Å². The van der Waals surface area contributed by atoms with Gasteiger partial charge in [-0.3, -0.25) is 0 Å². The first-order valence-corrected chi connectivity index (χ1v) is 12.3. The average Bonchev–Trinajstić information content (AvgIpc) is 2.65. The Balaban J connectivity index is 2.30. The van der Waals surface area contributed by atoms with Crippen LogP contribution in [0.25, 0.3) is 0 Å². The number of phenolic OH excluding ortho intramolecular Hbond substituents is 1. The van der Waals surface area contributed by atoms with Crippen LogP contribution in [0.2, 0.25) is 0 Å². The van der Waals surface area contributed by atoms with Gasteiger partial charge in [-0.15, -0.1) is 0 Å². The maximum atomic E-state index is 13.4. The number of aromatic hydroxyl groups is 1. The minimum absolute atomic E-state index is 0.0386. The van der Waals surface area contributed by atoms with Gasteiger partial charge in [0.2, 0.25) is 19.7 Å². The predicted octanol–water partition coefficient (Wildman–Crippen LogP) is 4.60. The molecule has 0 spiro atoms. The van der Waals surface area contributed by atoms with Crippen LogP contribution < -0.4 is 0 Å². The van der Waals surface area contributed by atoms with E-state index in [-0.39, 0.29) is 20.2 Å². The topological polar surface area (TPSA) is 88.5 Å². The van der Waals surface area contributed by atoms with Gasteiger partial charge in [0, 0.05) is 0 Å². The Kier molecular flexibility index (Phi) is 5.56. The van der Waals surface area contributed by atoms with Crippen molar-refractivity contribution in [3.63, 3.8) is 0 Å². The summed E-state index contributed by atoms with van der Waals surface area (Å²) in [6, 6.07) is 12.3. The summed E-state index contributed by atoms with van der Waals surface area (Å²) in [4.78, 5) is -0.410. The fourth-order valence-electron chi connectivity index (χ4n) is 3.39. The van der Waals surface area contributed by atoms with E-state index >= 15 is 0 Å². The fourth-order valence-corrected chi connectivity index (χ4v) is 6.97. The lowest BCUT2D eigenvalue weighted by Gasteiger charge is -2.15. The van der Waals surface area contributed by atoms with Gasteiger partial charge in [-0.05, 0) is 86.7 Å². The summed E-state index contributed by atoms with van der Waals surface area (Å²) in [7, 11) is -8.14. The van der Waals surface area contributed by atoms with Crippen molar-refractivity contribution < 1.29 is 21.9 Å². The van der Waals surface area contributed by atoms with Crippen LogP contribution in [-0.4, -0.2) is 21.9 Å². The van der Waals surface area contributed by atoms with Gasteiger partial charge in [-0.25, -0.2) is 16.8 Å². The molecular weight excluding hydrogens is 420 g/mol. The number of sulfone groups is 2. The number of hydrogen-bond acceptors (Lipinski definition) is 5. The van der Waals surface area contributed by atoms with Crippen molar-refractivity contribution in [3.8, 4) is 5.75 Å². The maximum absolute atomic E-state index is 13.4. The minimum Gasteiger partial charge on any atom is -0.507 e. The third-order valence-electron chi connectivity index (χ3n) is 5.10. The molecule has 0 aliphatic heterocycles. The number of hydrogen-bond donors (Lipinski definition) is 1. The highest BCUT2D eigenvalue weighted by molar-refractivity contribution is 7.92. The van der Waals surface area contributed by atoms with E-state index < -0.39 is 30.3 Å². The van der Waals surface area contributed by atoms with E-state index in [2.05, 4.69) is 0 Å². The van der Waals surface area contributed by atoms with Crippen LogP contribution in [-0.2, 0) is 19.7 Å². The van der Waals surface area contributed by atoms with Crippen LogP contribution in [0.5, 0.6) is 5.75 Å². The normalized spacial score (nSPS) is 12.2. The average molecular weight is 445 g/mol. The molecule has 0 amide bonds. The highest BCUT2D eigenvalue weighted by Gasteiger charge is 2.29. The molecule has 7 heteroatoms. The largest absolute Gasteiger partial charge is 0.507 e. The lowest BCUT2D eigenvalue weighted by atomic mass is 10.2. The van der Waals surface area contributed by atoms with E-state index in [4.69, 9.17) is 0 Å². The monoisotopic (exact) mass is 444 g/mol. The first-order chi connectivity index (χ1) is 13.9. The number of rotatable bonds is 4. The van der Waals surface area contributed by atoms with E-state index in [1.54, 1.807) is 52.0 Å². The molecule has 5 nitrogen and oxygen atoms in total. The zero-order valence-corrected chi connectivity index (χ0v) is 19.1. The number of phenols is 1. The SMILES string of the molecule is Cc1ccc(C)c(S(=O)(=O)c2cc(S(=O)(=O)c3cc(C)ccc3C)c(O)cc2C)c1. The fraction of sp³-hybridized carbons (Fsp3) is 0.217. The summed E-state index contributed by atoms with van der Waals surface area (Å²) in [5, 5.41) is 10.4. The molecule has 0 bridgehead atoms. The zero-order chi connectivity index (χ0) is 22.4. The van der Waals surface area contributed by atoms with Crippen molar-refractivity contribution in [2.24, 2.45) is 0 Å². The summed E-state index contributed by atoms with van der Waals surface area (Å²) >= 11 is 0. The quantitative estimate of drug-likeness (QED) is 0.635. The molecule has 0 unspecified atom stereocenters. The molecular formula is C23H24O5S2. The zero-order valence-electron chi connectivity index (χ0n) is 17.5. The Labute approximate surface area is 177 Å². The van der Waals surface area contributed by atoms with Gasteiger partial charge in [-0.2, -0.15) is 0 Å². The van der Waals surface area contributed by atoms with Crippen LogP contribution in [0.1, 0.15) is 27.8 Å². The van der Waals surface area contributed by atoms with Gasteiger partial charge in [0.1, 0.15) is 10.6 Å². The van der Waals surface area contributed by atoms with Crippen LogP contribution in [0.4, 0.5) is 0 Å². The van der Waals surface area contributed by atoms with E-state index in [0.29, 0.717) is 11.1 Å². The summed E-state index contributed by atoms with van der Waals surface area (Å²) in [5.74, 6) is -0.478. The molecule has 0 saturated heterocycles. The molecule has 3 rings (SSSR count). The summed E-state index contributed by atoms with van der Waals surface area (Å²) in [5.41, 5.74) is 2.87. The van der Waals surface area contributed by atoms with Gasteiger partial charge in [0.05, 0.1) is 14.7 Å². The highest BCUT2D eigenvalue weighted by Crippen LogP contribution is 2.36. The second kappa shape index (κ2) is 7.56. The summed E-state index contributed by atoms with van der Waals surface area (Å²) in [6.07, 6.45) is 0. The molecule has 0 aliphatic rings. The maximum Gasteiger partial charge on any atom is 0.210 e. The van der Waals surface area contributed by atoms with Crippen molar-refractivity contribution >= 4 is 19.7 Å². The summed E-state index contributed by atoms with van der Waals surface area (Å²) < 4.78 is 53.4. The Bertz CT molecular complexity index is 1270. The third kappa shape index (κ3) is 3.75. The van der Waals surface area contributed by atoms with Gasteiger partial charge in [0.15, 0.2) is 0 Å². The Morgan fingerprint density at radius 3 is 1.40 bits per heavy atom. The van der Waals surface area contributed by atoms with E-state index in [9.17, 15) is 21.9 Å². The van der Waals surface area contributed by atoms with Crippen molar-refractivity contribution in [2.75, 3.05) is 0 Å². The van der Waals surface area contributed by atoms with E-state index in [1.807, 2.05) is 6.07 Å². The molecule has 3 aromatic rings. The molecule has 0 atom stereocenters. The molecule has 0 aliphatic carbocycles. The smallest absolute Gasteiger partial charge is 0.210 e. The van der Waals surface area contributed by atoms with Crippen molar-refractivity contribution in [2.45, 2.75) is 54.2 Å². The molecule has 0 saturated carbocycles.